The Hall–Kier alpha value is -2.16. The second-order valence-electron chi connectivity index (χ2n) is 4.97. The summed E-state index contributed by atoms with van der Waals surface area (Å²) in [6.07, 6.45) is 1.77. The Morgan fingerprint density at radius 1 is 0.762 bits per heavy atom. The number of hydrogen-bond donors (Lipinski definition) is 0. The Morgan fingerprint density at radius 2 is 1.48 bits per heavy atom. The van der Waals surface area contributed by atoms with E-state index in [1.165, 1.54) is 11.1 Å². The molecule has 0 aliphatic heterocycles. The first-order valence-electron chi connectivity index (χ1n) is 7.03. The summed E-state index contributed by atoms with van der Waals surface area (Å²) in [6, 6.07) is 12.2. The van der Waals surface area contributed by atoms with E-state index in [0.717, 1.165) is 35.7 Å². The highest BCUT2D eigenvalue weighted by Gasteiger charge is 2.11. The van der Waals surface area contributed by atoms with Crippen LogP contribution >= 0.6 is 0 Å². The molecule has 0 heterocycles. The molecule has 0 spiro atoms. The van der Waals surface area contributed by atoms with Gasteiger partial charge in [-0.3, -0.25) is 0 Å². The van der Waals surface area contributed by atoms with Crippen LogP contribution in [0.25, 0.3) is 0 Å². The predicted octanol–water partition coefficient (Wildman–Crippen LogP) is 3.81. The fourth-order valence-corrected chi connectivity index (χ4v) is 2.52. The number of benzene rings is 2. The minimum Gasteiger partial charge on any atom is -0.496 e. The topological polar surface area (TPSA) is 27.7 Å². The molecule has 2 aromatic carbocycles. The van der Waals surface area contributed by atoms with E-state index in [1.54, 1.807) is 21.3 Å². The summed E-state index contributed by atoms with van der Waals surface area (Å²) in [5.41, 5.74) is 3.59. The van der Waals surface area contributed by atoms with Crippen molar-refractivity contribution < 1.29 is 14.2 Å². The largest absolute Gasteiger partial charge is 0.496 e. The van der Waals surface area contributed by atoms with Crippen LogP contribution in [-0.2, 0) is 12.8 Å². The average molecular weight is 286 g/mol. The molecule has 3 nitrogen and oxygen atoms in total. The molecular formula is C18H22O3. The molecule has 21 heavy (non-hydrogen) atoms. The first-order valence-corrected chi connectivity index (χ1v) is 7.03. The van der Waals surface area contributed by atoms with Crippen molar-refractivity contribution in [3.63, 3.8) is 0 Å². The highest BCUT2D eigenvalue weighted by molar-refractivity contribution is 5.47. The van der Waals surface area contributed by atoms with Crippen LogP contribution in [-0.4, -0.2) is 21.3 Å². The van der Waals surface area contributed by atoms with E-state index in [0.29, 0.717) is 0 Å². The molecule has 0 aliphatic carbocycles. The molecule has 112 valence electrons. The molecule has 0 aliphatic rings. The van der Waals surface area contributed by atoms with Gasteiger partial charge in [0.1, 0.15) is 5.75 Å². The van der Waals surface area contributed by atoms with Crippen molar-refractivity contribution in [2.24, 2.45) is 0 Å². The zero-order valence-electron chi connectivity index (χ0n) is 13.1. The van der Waals surface area contributed by atoms with Gasteiger partial charge in [0.05, 0.1) is 21.3 Å². The summed E-state index contributed by atoms with van der Waals surface area (Å²) in [6.45, 7) is 2.09. The van der Waals surface area contributed by atoms with Gasteiger partial charge < -0.3 is 14.2 Å². The van der Waals surface area contributed by atoms with Crippen LogP contribution in [0.4, 0.5) is 0 Å². The molecule has 0 saturated carbocycles. The lowest BCUT2D eigenvalue weighted by Gasteiger charge is -2.14. The third-order valence-electron chi connectivity index (χ3n) is 3.58. The maximum atomic E-state index is 5.48. The van der Waals surface area contributed by atoms with Crippen molar-refractivity contribution >= 4 is 0 Å². The van der Waals surface area contributed by atoms with Crippen molar-refractivity contribution in [1.29, 1.82) is 0 Å². The summed E-state index contributed by atoms with van der Waals surface area (Å²) < 4.78 is 16.3. The third kappa shape index (κ3) is 3.48. The molecule has 3 heteroatoms. The normalized spacial score (nSPS) is 10.3. The molecule has 0 N–H and O–H groups in total. The molecule has 0 radical (unpaired) electrons. The van der Waals surface area contributed by atoms with E-state index < -0.39 is 0 Å². The summed E-state index contributed by atoms with van der Waals surface area (Å²) in [5.74, 6) is 2.51. The standard InChI is InChI=1S/C18H22O3/c1-13-8-11-16(19-2)15(12-13)10-9-14-6-5-7-17(20-3)18(14)21-4/h5-8,11-12H,9-10H2,1-4H3. The minimum atomic E-state index is 0.770. The molecule has 0 amide bonds. The number of aryl methyl sites for hydroxylation is 3. The Kier molecular flexibility index (Phi) is 5.09. The van der Waals surface area contributed by atoms with E-state index in [2.05, 4.69) is 25.1 Å². The van der Waals surface area contributed by atoms with Gasteiger partial charge in [0, 0.05) is 0 Å². The lowest BCUT2D eigenvalue weighted by atomic mass is 10.0. The monoisotopic (exact) mass is 286 g/mol. The zero-order chi connectivity index (χ0) is 15.2. The summed E-state index contributed by atoms with van der Waals surface area (Å²) >= 11 is 0. The van der Waals surface area contributed by atoms with Crippen LogP contribution in [0.5, 0.6) is 17.2 Å². The van der Waals surface area contributed by atoms with Crippen molar-refractivity contribution in [1.82, 2.24) is 0 Å². The Bertz CT molecular complexity index is 605. The van der Waals surface area contributed by atoms with Crippen LogP contribution in [0, 0.1) is 6.92 Å². The van der Waals surface area contributed by atoms with Gasteiger partial charge >= 0.3 is 0 Å². The quantitative estimate of drug-likeness (QED) is 0.808. The van der Waals surface area contributed by atoms with E-state index in [4.69, 9.17) is 14.2 Å². The molecule has 0 aromatic heterocycles. The van der Waals surface area contributed by atoms with Crippen molar-refractivity contribution in [2.75, 3.05) is 21.3 Å². The number of ether oxygens (including phenoxy) is 3. The van der Waals surface area contributed by atoms with Gasteiger partial charge in [-0.05, 0) is 43.0 Å². The Balaban J connectivity index is 2.22. The van der Waals surface area contributed by atoms with E-state index in [-0.39, 0.29) is 0 Å². The first kappa shape index (κ1) is 15.2. The molecule has 0 bridgehead atoms. The molecule has 0 saturated heterocycles. The van der Waals surface area contributed by atoms with Crippen LogP contribution in [0.3, 0.4) is 0 Å². The Morgan fingerprint density at radius 3 is 2.14 bits per heavy atom. The summed E-state index contributed by atoms with van der Waals surface area (Å²) in [5, 5.41) is 0. The highest BCUT2D eigenvalue weighted by Crippen LogP contribution is 2.32. The predicted molar refractivity (Wildman–Crippen MR) is 84.7 cm³/mol. The lowest BCUT2D eigenvalue weighted by Crippen LogP contribution is -2.00. The summed E-state index contributed by atoms with van der Waals surface area (Å²) in [4.78, 5) is 0. The van der Waals surface area contributed by atoms with E-state index in [1.807, 2.05) is 18.2 Å². The molecule has 2 rings (SSSR count). The highest BCUT2D eigenvalue weighted by atomic mass is 16.5. The number of para-hydroxylation sites is 1. The van der Waals surface area contributed by atoms with Gasteiger partial charge in [-0.2, -0.15) is 0 Å². The summed E-state index contributed by atoms with van der Waals surface area (Å²) in [7, 11) is 5.04. The molecular weight excluding hydrogens is 264 g/mol. The van der Waals surface area contributed by atoms with Crippen molar-refractivity contribution in [2.45, 2.75) is 19.8 Å². The van der Waals surface area contributed by atoms with Crippen LogP contribution in [0.2, 0.25) is 0 Å². The van der Waals surface area contributed by atoms with E-state index >= 15 is 0 Å². The van der Waals surface area contributed by atoms with Crippen LogP contribution in [0.1, 0.15) is 16.7 Å². The molecule has 0 unspecified atom stereocenters. The van der Waals surface area contributed by atoms with E-state index in [9.17, 15) is 0 Å². The molecule has 0 atom stereocenters. The van der Waals surface area contributed by atoms with Crippen molar-refractivity contribution in [3.8, 4) is 17.2 Å². The van der Waals surface area contributed by atoms with Gasteiger partial charge in [0.15, 0.2) is 11.5 Å². The molecule has 0 fully saturated rings. The van der Waals surface area contributed by atoms with Gasteiger partial charge in [-0.15, -0.1) is 0 Å². The SMILES string of the molecule is COc1ccc(C)cc1CCc1cccc(OC)c1OC. The minimum absolute atomic E-state index is 0.770. The fraction of sp³-hybridized carbons (Fsp3) is 0.333. The zero-order valence-corrected chi connectivity index (χ0v) is 13.1. The average Bonchev–Trinajstić information content (AvgIpc) is 2.52. The third-order valence-corrected chi connectivity index (χ3v) is 3.58. The maximum absolute atomic E-state index is 5.48. The number of rotatable bonds is 6. The van der Waals surface area contributed by atoms with Crippen molar-refractivity contribution in [3.05, 3.63) is 53.1 Å². The second-order valence-corrected chi connectivity index (χ2v) is 4.97. The van der Waals surface area contributed by atoms with Crippen LogP contribution < -0.4 is 14.2 Å². The fourth-order valence-electron chi connectivity index (χ4n) is 2.52. The Labute approximate surface area is 126 Å². The van der Waals surface area contributed by atoms with Gasteiger partial charge in [-0.25, -0.2) is 0 Å². The molecule has 2 aromatic rings. The second kappa shape index (κ2) is 7.02. The number of hydrogen-bond acceptors (Lipinski definition) is 3. The lowest BCUT2D eigenvalue weighted by molar-refractivity contribution is 0.351. The maximum Gasteiger partial charge on any atom is 0.163 e. The van der Waals surface area contributed by atoms with Crippen LogP contribution in [0.15, 0.2) is 36.4 Å². The van der Waals surface area contributed by atoms with Gasteiger partial charge in [-0.1, -0.05) is 29.8 Å². The van der Waals surface area contributed by atoms with Gasteiger partial charge in [0.25, 0.3) is 0 Å². The van der Waals surface area contributed by atoms with Gasteiger partial charge in [0.2, 0.25) is 0 Å². The number of methoxy groups -OCH3 is 3. The first-order chi connectivity index (χ1) is 10.2. The smallest absolute Gasteiger partial charge is 0.163 e.